The molecule has 3 rings (SSSR count). The number of benzene rings is 3. The molecule has 1 unspecified atom stereocenters. The monoisotopic (exact) mass is 575 g/mol. The molecule has 38 heavy (non-hydrogen) atoms. The van der Waals surface area contributed by atoms with Crippen LogP contribution >= 0.6 is 23.2 Å². The normalized spacial score (nSPS) is 12.5. The summed E-state index contributed by atoms with van der Waals surface area (Å²) in [7, 11) is -4.20. The van der Waals surface area contributed by atoms with Crippen molar-refractivity contribution in [1.29, 1.82) is 0 Å². The van der Waals surface area contributed by atoms with E-state index < -0.39 is 34.1 Å². The lowest BCUT2D eigenvalue weighted by molar-refractivity contribution is -0.140. The minimum absolute atomic E-state index is 0.0391. The molecule has 0 saturated carbocycles. The first-order valence-corrected chi connectivity index (χ1v) is 14.2. The molecule has 0 fully saturated rings. The van der Waals surface area contributed by atoms with Crippen molar-refractivity contribution in [3.8, 4) is 0 Å². The predicted molar refractivity (Wildman–Crippen MR) is 152 cm³/mol. The van der Waals surface area contributed by atoms with Crippen molar-refractivity contribution >= 4 is 50.7 Å². The van der Waals surface area contributed by atoms with Gasteiger partial charge in [-0.2, -0.15) is 0 Å². The highest BCUT2D eigenvalue weighted by Gasteiger charge is 2.33. The molecular formula is C28H31Cl2N3O4S. The van der Waals surface area contributed by atoms with Gasteiger partial charge in [0.25, 0.3) is 10.0 Å². The van der Waals surface area contributed by atoms with Crippen LogP contribution in [0.4, 0.5) is 5.69 Å². The van der Waals surface area contributed by atoms with E-state index in [2.05, 4.69) is 5.32 Å². The van der Waals surface area contributed by atoms with Crippen LogP contribution in [0.3, 0.4) is 0 Å². The summed E-state index contributed by atoms with van der Waals surface area (Å²) in [5.41, 5.74) is 0.496. The van der Waals surface area contributed by atoms with Crippen molar-refractivity contribution in [2.75, 3.05) is 10.8 Å². The van der Waals surface area contributed by atoms with E-state index in [9.17, 15) is 18.0 Å². The number of hydrogen-bond donors (Lipinski definition) is 1. The van der Waals surface area contributed by atoms with Gasteiger partial charge in [-0.1, -0.05) is 59.6 Å². The number of halogens is 2. The van der Waals surface area contributed by atoms with E-state index in [1.165, 1.54) is 35.2 Å². The Kier molecular flexibility index (Phi) is 9.46. The van der Waals surface area contributed by atoms with Gasteiger partial charge in [0.15, 0.2) is 0 Å². The largest absolute Gasteiger partial charge is 0.350 e. The molecular weight excluding hydrogens is 545 g/mol. The molecule has 0 bridgehead atoms. The molecule has 1 N–H and O–H groups in total. The minimum atomic E-state index is -4.20. The second-order valence-corrected chi connectivity index (χ2v) is 12.6. The summed E-state index contributed by atoms with van der Waals surface area (Å²) in [5, 5.41) is 3.59. The fourth-order valence-corrected chi connectivity index (χ4v) is 5.45. The van der Waals surface area contributed by atoms with E-state index in [4.69, 9.17) is 23.2 Å². The van der Waals surface area contributed by atoms with E-state index >= 15 is 0 Å². The summed E-state index contributed by atoms with van der Waals surface area (Å²) in [6, 6.07) is 20.3. The van der Waals surface area contributed by atoms with Gasteiger partial charge < -0.3 is 10.2 Å². The second kappa shape index (κ2) is 12.2. The number of hydrogen-bond acceptors (Lipinski definition) is 4. The molecule has 0 heterocycles. The summed E-state index contributed by atoms with van der Waals surface area (Å²) in [4.78, 5) is 28.3. The van der Waals surface area contributed by atoms with E-state index in [0.29, 0.717) is 10.0 Å². The lowest BCUT2D eigenvalue weighted by Gasteiger charge is -2.33. The van der Waals surface area contributed by atoms with E-state index in [1.54, 1.807) is 25.1 Å². The first-order chi connectivity index (χ1) is 17.8. The summed E-state index contributed by atoms with van der Waals surface area (Å²) >= 11 is 12.1. The van der Waals surface area contributed by atoms with Crippen molar-refractivity contribution < 1.29 is 18.0 Å². The standard InChI is InChI=1S/C28H31Cl2N3O4S/c1-20(27(35)31-28(2,3)4)32(18-21-9-6-5-7-10-21)26(34)19-33(24-12-8-11-23(30)17-24)38(36,37)25-15-13-22(29)14-16-25/h5-17,20H,18-19H2,1-4H3,(H,31,35). The van der Waals surface area contributed by atoms with Crippen LogP contribution in [0, 0.1) is 0 Å². The Hall–Kier alpha value is -3.07. The first kappa shape index (κ1) is 29.5. The number of amides is 2. The van der Waals surface area contributed by atoms with Gasteiger partial charge in [-0.05, 0) is 75.7 Å². The zero-order chi connectivity index (χ0) is 28.1. The summed E-state index contributed by atoms with van der Waals surface area (Å²) < 4.78 is 28.5. The van der Waals surface area contributed by atoms with Gasteiger partial charge in [0.2, 0.25) is 11.8 Å². The maximum absolute atomic E-state index is 13.8. The van der Waals surface area contributed by atoms with Gasteiger partial charge in [-0.3, -0.25) is 13.9 Å². The number of anilines is 1. The molecule has 2 amide bonds. The van der Waals surface area contributed by atoms with Gasteiger partial charge in [-0.25, -0.2) is 8.42 Å². The summed E-state index contributed by atoms with van der Waals surface area (Å²) in [5.74, 6) is -0.903. The molecule has 0 saturated heterocycles. The fourth-order valence-electron chi connectivity index (χ4n) is 3.73. The molecule has 0 aliphatic rings. The SMILES string of the molecule is CC(C(=O)NC(C)(C)C)N(Cc1ccccc1)C(=O)CN(c1cccc(Cl)c1)S(=O)(=O)c1ccc(Cl)cc1. The highest BCUT2D eigenvalue weighted by molar-refractivity contribution is 7.92. The van der Waals surface area contributed by atoms with Crippen molar-refractivity contribution in [2.45, 2.75) is 50.7 Å². The van der Waals surface area contributed by atoms with Crippen molar-refractivity contribution in [2.24, 2.45) is 0 Å². The molecule has 1 atom stereocenters. The first-order valence-electron chi connectivity index (χ1n) is 12.0. The Morgan fingerprint density at radius 1 is 0.895 bits per heavy atom. The topological polar surface area (TPSA) is 86.8 Å². The number of nitrogens with one attached hydrogen (secondary N) is 1. The molecule has 3 aromatic carbocycles. The van der Waals surface area contributed by atoms with Crippen LogP contribution in [0.5, 0.6) is 0 Å². The number of carbonyl (C=O) groups is 2. The lowest BCUT2D eigenvalue weighted by Crippen LogP contribution is -2.54. The maximum Gasteiger partial charge on any atom is 0.264 e. The zero-order valence-electron chi connectivity index (χ0n) is 21.7. The third kappa shape index (κ3) is 7.72. The van der Waals surface area contributed by atoms with Crippen LogP contribution in [0.2, 0.25) is 10.0 Å². The van der Waals surface area contributed by atoms with Gasteiger partial charge in [0.1, 0.15) is 12.6 Å². The molecule has 0 aliphatic carbocycles. The molecule has 7 nitrogen and oxygen atoms in total. The minimum Gasteiger partial charge on any atom is -0.350 e. The van der Waals surface area contributed by atoms with Crippen molar-refractivity contribution in [3.05, 3.63) is 94.5 Å². The van der Waals surface area contributed by atoms with Gasteiger partial charge in [0.05, 0.1) is 10.6 Å². The number of rotatable bonds is 9. The Balaban J connectivity index is 2.03. The fraction of sp³-hybridized carbons (Fsp3) is 0.286. The number of carbonyl (C=O) groups excluding carboxylic acids is 2. The lowest BCUT2D eigenvalue weighted by atomic mass is 10.1. The molecule has 0 aromatic heterocycles. The van der Waals surface area contributed by atoms with Gasteiger partial charge >= 0.3 is 0 Å². The third-order valence-electron chi connectivity index (χ3n) is 5.64. The average Bonchev–Trinajstić information content (AvgIpc) is 2.85. The molecule has 0 radical (unpaired) electrons. The van der Waals surface area contributed by atoms with Crippen molar-refractivity contribution in [3.63, 3.8) is 0 Å². The molecule has 0 aliphatic heterocycles. The molecule has 3 aromatic rings. The quantitative estimate of drug-likeness (QED) is 0.364. The second-order valence-electron chi connectivity index (χ2n) is 9.87. The van der Waals surface area contributed by atoms with E-state index in [1.807, 2.05) is 51.1 Å². The van der Waals surface area contributed by atoms with Crippen LogP contribution in [0.25, 0.3) is 0 Å². The summed E-state index contributed by atoms with van der Waals surface area (Å²) in [6.45, 7) is 6.73. The highest BCUT2D eigenvalue weighted by atomic mass is 35.5. The van der Waals surface area contributed by atoms with E-state index in [0.717, 1.165) is 9.87 Å². The van der Waals surface area contributed by atoms with Crippen LogP contribution < -0.4 is 9.62 Å². The predicted octanol–water partition coefficient (Wildman–Crippen LogP) is 5.52. The molecule has 0 spiro atoms. The van der Waals surface area contributed by atoms with Crippen LogP contribution in [-0.2, 0) is 26.2 Å². The summed E-state index contributed by atoms with van der Waals surface area (Å²) in [6.07, 6.45) is 0. The molecule has 10 heteroatoms. The maximum atomic E-state index is 13.8. The smallest absolute Gasteiger partial charge is 0.264 e. The zero-order valence-corrected chi connectivity index (χ0v) is 24.0. The average molecular weight is 577 g/mol. The molecule has 202 valence electrons. The highest BCUT2D eigenvalue weighted by Crippen LogP contribution is 2.27. The Bertz CT molecular complexity index is 1380. The Morgan fingerprint density at radius 2 is 1.53 bits per heavy atom. The van der Waals surface area contributed by atoms with Crippen LogP contribution in [-0.4, -0.2) is 43.3 Å². The Morgan fingerprint density at radius 3 is 2.11 bits per heavy atom. The van der Waals surface area contributed by atoms with Crippen molar-refractivity contribution in [1.82, 2.24) is 10.2 Å². The van der Waals surface area contributed by atoms with Gasteiger partial charge in [0, 0.05) is 22.1 Å². The Labute approximate surface area is 234 Å². The van der Waals surface area contributed by atoms with Gasteiger partial charge in [-0.15, -0.1) is 0 Å². The van der Waals surface area contributed by atoms with E-state index in [-0.39, 0.29) is 23.0 Å². The van der Waals surface area contributed by atoms with Crippen LogP contribution in [0.15, 0.2) is 83.8 Å². The van der Waals surface area contributed by atoms with Crippen LogP contribution in [0.1, 0.15) is 33.3 Å². The third-order valence-corrected chi connectivity index (χ3v) is 7.91. The number of sulfonamides is 1. The number of nitrogens with zero attached hydrogens (tertiary/aromatic N) is 2.